The van der Waals surface area contributed by atoms with Crippen LogP contribution in [0, 0.1) is 5.92 Å². The van der Waals surface area contributed by atoms with Crippen molar-refractivity contribution >= 4 is 5.91 Å². The summed E-state index contributed by atoms with van der Waals surface area (Å²) >= 11 is 0. The van der Waals surface area contributed by atoms with E-state index >= 15 is 0 Å². The number of nitrogens with zero attached hydrogens (tertiary/aromatic N) is 4. The van der Waals surface area contributed by atoms with Crippen molar-refractivity contribution in [2.45, 2.75) is 25.3 Å². The average Bonchev–Trinajstić information content (AvgIpc) is 3.28. The molecule has 2 aromatic heterocycles. The van der Waals surface area contributed by atoms with Gasteiger partial charge < -0.3 is 10.6 Å². The van der Waals surface area contributed by atoms with Gasteiger partial charge in [0.1, 0.15) is 5.82 Å². The van der Waals surface area contributed by atoms with Crippen molar-refractivity contribution in [1.29, 1.82) is 0 Å². The van der Waals surface area contributed by atoms with E-state index in [-0.39, 0.29) is 17.4 Å². The highest BCUT2D eigenvalue weighted by molar-refractivity contribution is 5.79. The first kappa shape index (κ1) is 20.9. The number of carbonyl (C=O) groups is 1. The fraction of sp³-hybridized carbons (Fsp3) is 0.333. The van der Waals surface area contributed by atoms with Crippen molar-refractivity contribution in [3.05, 3.63) is 82.7 Å². The molecular weight excluding hydrogens is 390 g/mol. The Balaban J connectivity index is 1.57. The monoisotopic (exact) mass is 417 g/mol. The van der Waals surface area contributed by atoms with E-state index in [9.17, 15) is 9.59 Å². The second-order valence-corrected chi connectivity index (χ2v) is 8.37. The number of hydrogen-bond donors (Lipinski definition) is 1. The van der Waals surface area contributed by atoms with Crippen LogP contribution in [-0.2, 0) is 23.8 Å². The molecule has 0 spiro atoms. The maximum Gasteiger partial charge on any atom is 0.253 e. The van der Waals surface area contributed by atoms with Gasteiger partial charge in [0, 0.05) is 50.1 Å². The molecule has 1 aliphatic heterocycles. The van der Waals surface area contributed by atoms with Gasteiger partial charge in [-0.1, -0.05) is 30.3 Å². The molecule has 0 aliphatic carbocycles. The van der Waals surface area contributed by atoms with Gasteiger partial charge in [-0.3, -0.25) is 19.1 Å². The summed E-state index contributed by atoms with van der Waals surface area (Å²) in [6.07, 6.45) is 4.48. The Bertz CT molecular complexity index is 1130. The van der Waals surface area contributed by atoms with Gasteiger partial charge in [0.2, 0.25) is 5.91 Å². The van der Waals surface area contributed by atoms with Gasteiger partial charge in [-0.2, -0.15) is 0 Å². The van der Waals surface area contributed by atoms with Crippen LogP contribution in [0.4, 0.5) is 0 Å². The SMILES string of the molecule is Cn1c(C(C)(N)C2CCN(C(=O)Cc3ccccc3)C2)nc(-c2ccncc2)cc1=O. The van der Waals surface area contributed by atoms with Crippen LogP contribution in [0.1, 0.15) is 24.7 Å². The predicted molar refractivity (Wildman–Crippen MR) is 119 cm³/mol. The fourth-order valence-electron chi connectivity index (χ4n) is 4.23. The number of benzene rings is 1. The first-order valence-corrected chi connectivity index (χ1v) is 10.5. The van der Waals surface area contributed by atoms with Crippen LogP contribution in [0.2, 0.25) is 0 Å². The lowest BCUT2D eigenvalue weighted by molar-refractivity contribution is -0.129. The van der Waals surface area contributed by atoms with Gasteiger partial charge >= 0.3 is 0 Å². The highest BCUT2D eigenvalue weighted by Gasteiger charge is 2.41. The molecule has 1 saturated heterocycles. The van der Waals surface area contributed by atoms with Crippen LogP contribution in [-0.4, -0.2) is 38.4 Å². The van der Waals surface area contributed by atoms with E-state index in [4.69, 9.17) is 10.7 Å². The Labute approximate surface area is 181 Å². The Morgan fingerprint density at radius 1 is 1.19 bits per heavy atom. The minimum atomic E-state index is -0.862. The lowest BCUT2D eigenvalue weighted by Gasteiger charge is -2.32. The first-order chi connectivity index (χ1) is 14.9. The van der Waals surface area contributed by atoms with E-state index < -0.39 is 5.54 Å². The molecule has 1 amide bonds. The second-order valence-electron chi connectivity index (χ2n) is 8.37. The van der Waals surface area contributed by atoms with Crippen LogP contribution in [0.15, 0.2) is 65.7 Å². The van der Waals surface area contributed by atoms with E-state index in [1.54, 1.807) is 19.4 Å². The summed E-state index contributed by atoms with van der Waals surface area (Å²) in [4.78, 5) is 36.1. The molecule has 0 saturated carbocycles. The molecule has 160 valence electrons. The lowest BCUT2D eigenvalue weighted by Crippen LogP contribution is -2.47. The number of amides is 1. The maximum atomic E-state index is 12.8. The summed E-state index contributed by atoms with van der Waals surface area (Å²) in [7, 11) is 1.69. The quantitative estimate of drug-likeness (QED) is 0.686. The topological polar surface area (TPSA) is 94.1 Å². The molecule has 2 N–H and O–H groups in total. The van der Waals surface area contributed by atoms with Crippen LogP contribution in [0.25, 0.3) is 11.3 Å². The minimum Gasteiger partial charge on any atom is -0.342 e. The molecule has 3 heterocycles. The van der Waals surface area contributed by atoms with Crippen molar-refractivity contribution in [1.82, 2.24) is 19.4 Å². The van der Waals surface area contributed by atoms with Crippen molar-refractivity contribution in [2.75, 3.05) is 13.1 Å². The molecule has 2 unspecified atom stereocenters. The van der Waals surface area contributed by atoms with Crippen molar-refractivity contribution in [2.24, 2.45) is 18.7 Å². The molecule has 1 aromatic carbocycles. The fourth-order valence-corrected chi connectivity index (χ4v) is 4.23. The minimum absolute atomic E-state index is 0.00184. The highest BCUT2D eigenvalue weighted by Crippen LogP contribution is 2.33. The lowest BCUT2D eigenvalue weighted by atomic mass is 9.84. The molecule has 2 atom stereocenters. The Morgan fingerprint density at radius 2 is 1.90 bits per heavy atom. The maximum absolute atomic E-state index is 12.8. The predicted octanol–water partition coefficient (Wildman–Crippen LogP) is 2.11. The van der Waals surface area contributed by atoms with E-state index in [1.807, 2.05) is 54.3 Å². The molecule has 1 fully saturated rings. The Hall–Kier alpha value is -3.32. The standard InChI is InChI=1S/C24H27N5O2/c1-24(25,19-10-13-29(16-19)22(31)14-17-6-4-3-5-7-17)23-27-20(15-21(30)28(23)2)18-8-11-26-12-9-18/h3-9,11-12,15,19H,10,13-14,16,25H2,1-2H3. The van der Waals surface area contributed by atoms with Gasteiger partial charge in [-0.25, -0.2) is 4.98 Å². The summed E-state index contributed by atoms with van der Waals surface area (Å²) in [5.41, 5.74) is 8.17. The Morgan fingerprint density at radius 3 is 2.61 bits per heavy atom. The third-order valence-electron chi connectivity index (χ3n) is 6.18. The second kappa shape index (κ2) is 8.43. The molecular formula is C24H27N5O2. The molecule has 0 bridgehead atoms. The first-order valence-electron chi connectivity index (χ1n) is 10.5. The molecule has 1 aliphatic rings. The van der Waals surface area contributed by atoms with Gasteiger partial charge in [-0.05, 0) is 31.0 Å². The van der Waals surface area contributed by atoms with Gasteiger partial charge in [-0.15, -0.1) is 0 Å². The largest absolute Gasteiger partial charge is 0.342 e. The molecule has 7 nitrogen and oxygen atoms in total. The van der Waals surface area contributed by atoms with Gasteiger partial charge in [0.05, 0.1) is 17.7 Å². The smallest absolute Gasteiger partial charge is 0.253 e. The van der Waals surface area contributed by atoms with Crippen molar-refractivity contribution in [3.63, 3.8) is 0 Å². The number of pyridine rings is 1. The number of aromatic nitrogens is 3. The van der Waals surface area contributed by atoms with Crippen LogP contribution < -0.4 is 11.3 Å². The van der Waals surface area contributed by atoms with Crippen LogP contribution in [0.5, 0.6) is 0 Å². The van der Waals surface area contributed by atoms with Crippen LogP contribution >= 0.6 is 0 Å². The Kier molecular flexibility index (Phi) is 5.69. The van der Waals surface area contributed by atoms with Crippen molar-refractivity contribution < 1.29 is 4.79 Å². The normalized spacial score (nSPS) is 18.0. The zero-order valence-corrected chi connectivity index (χ0v) is 17.9. The van der Waals surface area contributed by atoms with Gasteiger partial charge in [0.25, 0.3) is 5.56 Å². The number of likely N-dealkylation sites (tertiary alicyclic amines) is 1. The molecule has 4 rings (SSSR count). The average molecular weight is 418 g/mol. The summed E-state index contributed by atoms with van der Waals surface area (Å²) in [6, 6.07) is 14.9. The third-order valence-corrected chi connectivity index (χ3v) is 6.18. The van der Waals surface area contributed by atoms with E-state index in [2.05, 4.69) is 4.98 Å². The molecule has 31 heavy (non-hydrogen) atoms. The third kappa shape index (κ3) is 4.27. The van der Waals surface area contributed by atoms with Crippen LogP contribution in [0.3, 0.4) is 0 Å². The van der Waals surface area contributed by atoms with Gasteiger partial charge in [0.15, 0.2) is 0 Å². The summed E-state index contributed by atoms with van der Waals surface area (Å²) in [5, 5.41) is 0. The summed E-state index contributed by atoms with van der Waals surface area (Å²) in [5.74, 6) is 0.615. The highest BCUT2D eigenvalue weighted by atomic mass is 16.2. The molecule has 0 radical (unpaired) electrons. The van der Waals surface area contributed by atoms with Crippen molar-refractivity contribution in [3.8, 4) is 11.3 Å². The molecule has 7 heteroatoms. The number of hydrogen-bond acceptors (Lipinski definition) is 5. The van der Waals surface area contributed by atoms with E-state index in [0.29, 0.717) is 31.0 Å². The summed E-state index contributed by atoms with van der Waals surface area (Å²) in [6.45, 7) is 3.11. The van der Waals surface area contributed by atoms with E-state index in [1.165, 1.54) is 10.6 Å². The van der Waals surface area contributed by atoms with E-state index in [0.717, 1.165) is 17.5 Å². The zero-order valence-electron chi connectivity index (χ0n) is 17.9. The zero-order chi connectivity index (χ0) is 22.0. The molecule has 3 aromatic rings. The summed E-state index contributed by atoms with van der Waals surface area (Å²) < 4.78 is 1.51. The number of rotatable bonds is 5. The number of nitrogens with two attached hydrogens (primary N) is 1. The number of carbonyl (C=O) groups excluding carboxylic acids is 1.